The Morgan fingerprint density at radius 1 is 1.42 bits per heavy atom. The summed E-state index contributed by atoms with van der Waals surface area (Å²) in [7, 11) is 3.23. The number of carbonyl (C=O) groups is 2. The molecular formula is C15H17ClFN5O2. The number of likely N-dealkylation sites (N-methyl/N-ethyl adjacent to an activating group) is 1. The minimum Gasteiger partial charge on any atom is -0.347 e. The predicted octanol–water partition coefficient (Wildman–Crippen LogP) is 1.33. The van der Waals surface area contributed by atoms with Crippen LogP contribution in [0.5, 0.6) is 0 Å². The monoisotopic (exact) mass is 353 g/mol. The standard InChI is InChI=1S/C15H17ClFN5O2/c1-9(15(24)21(2)3)18-14(23)8-22-7-13(19-20-22)10-4-5-12(17)11(16)6-10/h4-7,9H,8H2,1-3H3,(H,18,23). The molecule has 2 rings (SSSR count). The van der Waals surface area contributed by atoms with Crippen molar-refractivity contribution in [1.82, 2.24) is 25.2 Å². The van der Waals surface area contributed by atoms with Crippen LogP contribution >= 0.6 is 11.6 Å². The molecule has 2 amide bonds. The Labute approximate surface area is 143 Å². The summed E-state index contributed by atoms with van der Waals surface area (Å²) in [5.41, 5.74) is 1.05. The van der Waals surface area contributed by atoms with Gasteiger partial charge in [-0.15, -0.1) is 5.10 Å². The first kappa shape index (κ1) is 17.9. The molecule has 9 heteroatoms. The third kappa shape index (κ3) is 4.29. The molecule has 0 bridgehead atoms. The minimum atomic E-state index is -0.633. The van der Waals surface area contributed by atoms with Crippen molar-refractivity contribution in [2.45, 2.75) is 19.5 Å². The van der Waals surface area contributed by atoms with Crippen LogP contribution in [0.3, 0.4) is 0 Å². The van der Waals surface area contributed by atoms with E-state index in [1.807, 2.05) is 0 Å². The van der Waals surface area contributed by atoms with Crippen LogP contribution in [0.1, 0.15) is 6.92 Å². The molecule has 0 fully saturated rings. The van der Waals surface area contributed by atoms with E-state index < -0.39 is 11.9 Å². The highest BCUT2D eigenvalue weighted by atomic mass is 35.5. The Kier molecular flexibility index (Phi) is 5.50. The van der Waals surface area contributed by atoms with Gasteiger partial charge in [0.2, 0.25) is 11.8 Å². The van der Waals surface area contributed by atoms with Gasteiger partial charge in [0.15, 0.2) is 0 Å². The number of carbonyl (C=O) groups excluding carboxylic acids is 2. The number of rotatable bonds is 5. The van der Waals surface area contributed by atoms with Crippen LogP contribution in [0.2, 0.25) is 5.02 Å². The molecule has 1 aromatic carbocycles. The van der Waals surface area contributed by atoms with Crippen LogP contribution in [-0.4, -0.2) is 51.8 Å². The van der Waals surface area contributed by atoms with Gasteiger partial charge in [0.25, 0.3) is 0 Å². The molecule has 1 aromatic heterocycles. The summed E-state index contributed by atoms with van der Waals surface area (Å²) in [5, 5.41) is 10.3. The summed E-state index contributed by atoms with van der Waals surface area (Å²) < 4.78 is 14.5. The zero-order valence-electron chi connectivity index (χ0n) is 13.5. The molecule has 1 heterocycles. The van der Waals surface area contributed by atoms with Crippen molar-refractivity contribution in [3.05, 3.63) is 35.2 Å². The summed E-state index contributed by atoms with van der Waals surface area (Å²) in [5.74, 6) is -1.10. The molecule has 0 radical (unpaired) electrons. The summed E-state index contributed by atoms with van der Waals surface area (Å²) in [6.07, 6.45) is 1.54. The van der Waals surface area contributed by atoms with E-state index in [1.165, 1.54) is 27.8 Å². The molecule has 0 aliphatic rings. The number of amides is 2. The Balaban J connectivity index is 2.02. The van der Waals surface area contributed by atoms with Gasteiger partial charge in [-0.2, -0.15) is 0 Å². The molecule has 2 aromatic rings. The Morgan fingerprint density at radius 3 is 2.75 bits per heavy atom. The van der Waals surface area contributed by atoms with E-state index in [-0.39, 0.29) is 23.4 Å². The van der Waals surface area contributed by atoms with Crippen LogP contribution in [0, 0.1) is 5.82 Å². The van der Waals surface area contributed by atoms with E-state index in [0.29, 0.717) is 11.3 Å². The zero-order chi connectivity index (χ0) is 17.9. The summed E-state index contributed by atoms with van der Waals surface area (Å²) in [6.45, 7) is 1.51. The molecule has 0 aliphatic carbocycles. The zero-order valence-corrected chi connectivity index (χ0v) is 14.2. The number of hydrogen-bond acceptors (Lipinski definition) is 4. The number of hydrogen-bond donors (Lipinski definition) is 1. The topological polar surface area (TPSA) is 80.1 Å². The molecule has 0 spiro atoms. The SMILES string of the molecule is CC(NC(=O)Cn1cc(-c2ccc(F)c(Cl)c2)nn1)C(=O)N(C)C. The Hall–Kier alpha value is -2.48. The second-order valence-electron chi connectivity index (χ2n) is 5.45. The van der Waals surface area contributed by atoms with Crippen molar-refractivity contribution in [2.24, 2.45) is 0 Å². The first-order valence-corrected chi connectivity index (χ1v) is 7.52. The molecule has 1 N–H and O–H groups in total. The van der Waals surface area contributed by atoms with Crippen molar-refractivity contribution in [2.75, 3.05) is 14.1 Å². The number of benzene rings is 1. The third-order valence-electron chi connectivity index (χ3n) is 3.25. The highest BCUT2D eigenvalue weighted by molar-refractivity contribution is 6.31. The molecule has 7 nitrogen and oxygen atoms in total. The quantitative estimate of drug-likeness (QED) is 0.879. The van der Waals surface area contributed by atoms with Crippen molar-refractivity contribution in [3.63, 3.8) is 0 Å². The third-order valence-corrected chi connectivity index (χ3v) is 3.54. The van der Waals surface area contributed by atoms with Gasteiger partial charge in [0.05, 0.1) is 11.2 Å². The predicted molar refractivity (Wildman–Crippen MR) is 86.7 cm³/mol. The molecule has 0 saturated heterocycles. The van der Waals surface area contributed by atoms with Gasteiger partial charge in [-0.3, -0.25) is 9.59 Å². The second-order valence-corrected chi connectivity index (χ2v) is 5.86. The van der Waals surface area contributed by atoms with Crippen LogP contribution in [0.4, 0.5) is 4.39 Å². The maximum Gasteiger partial charge on any atom is 0.244 e. The van der Waals surface area contributed by atoms with Crippen molar-refractivity contribution in [1.29, 1.82) is 0 Å². The fourth-order valence-electron chi connectivity index (χ4n) is 2.05. The largest absolute Gasteiger partial charge is 0.347 e. The smallest absolute Gasteiger partial charge is 0.244 e. The number of nitrogens with one attached hydrogen (secondary N) is 1. The lowest BCUT2D eigenvalue weighted by Crippen LogP contribution is -2.45. The molecule has 24 heavy (non-hydrogen) atoms. The van der Waals surface area contributed by atoms with Gasteiger partial charge in [-0.25, -0.2) is 9.07 Å². The number of halogens is 2. The minimum absolute atomic E-state index is 0.0178. The lowest BCUT2D eigenvalue weighted by Gasteiger charge is -2.17. The van der Waals surface area contributed by atoms with Crippen LogP contribution in [0.25, 0.3) is 11.3 Å². The molecule has 1 unspecified atom stereocenters. The molecule has 128 valence electrons. The average Bonchev–Trinajstić information content (AvgIpc) is 2.97. The lowest BCUT2D eigenvalue weighted by atomic mass is 10.2. The van der Waals surface area contributed by atoms with E-state index in [4.69, 9.17) is 11.6 Å². The number of nitrogens with zero attached hydrogens (tertiary/aromatic N) is 4. The van der Waals surface area contributed by atoms with Crippen LogP contribution in [0.15, 0.2) is 24.4 Å². The van der Waals surface area contributed by atoms with E-state index in [0.717, 1.165) is 0 Å². The van der Waals surface area contributed by atoms with Crippen LogP contribution in [-0.2, 0) is 16.1 Å². The van der Waals surface area contributed by atoms with Gasteiger partial charge >= 0.3 is 0 Å². The van der Waals surface area contributed by atoms with Gasteiger partial charge in [-0.1, -0.05) is 16.8 Å². The van der Waals surface area contributed by atoms with Crippen LogP contribution < -0.4 is 5.32 Å². The van der Waals surface area contributed by atoms with Gasteiger partial charge in [0.1, 0.15) is 24.1 Å². The molecule has 0 aliphatic heterocycles. The lowest BCUT2D eigenvalue weighted by molar-refractivity contribution is -0.134. The van der Waals surface area contributed by atoms with Gasteiger partial charge < -0.3 is 10.2 Å². The highest BCUT2D eigenvalue weighted by Gasteiger charge is 2.17. The molecule has 0 saturated carbocycles. The van der Waals surface area contributed by atoms with E-state index in [9.17, 15) is 14.0 Å². The molecule has 1 atom stereocenters. The maximum atomic E-state index is 13.2. The van der Waals surface area contributed by atoms with Gasteiger partial charge in [0, 0.05) is 19.7 Å². The Morgan fingerprint density at radius 2 is 2.12 bits per heavy atom. The first-order chi connectivity index (χ1) is 11.3. The van der Waals surface area contributed by atoms with Gasteiger partial charge in [-0.05, 0) is 25.1 Å². The van der Waals surface area contributed by atoms with Crippen molar-refractivity contribution < 1.29 is 14.0 Å². The summed E-state index contributed by atoms with van der Waals surface area (Å²) in [6, 6.07) is 3.56. The Bertz CT molecular complexity index is 762. The summed E-state index contributed by atoms with van der Waals surface area (Å²) in [4.78, 5) is 25.1. The summed E-state index contributed by atoms with van der Waals surface area (Å²) >= 11 is 5.74. The average molecular weight is 354 g/mol. The van der Waals surface area contributed by atoms with E-state index in [1.54, 1.807) is 27.2 Å². The van der Waals surface area contributed by atoms with E-state index >= 15 is 0 Å². The van der Waals surface area contributed by atoms with Crippen molar-refractivity contribution in [3.8, 4) is 11.3 Å². The number of aromatic nitrogens is 3. The highest BCUT2D eigenvalue weighted by Crippen LogP contribution is 2.22. The fraction of sp³-hybridized carbons (Fsp3) is 0.333. The first-order valence-electron chi connectivity index (χ1n) is 7.14. The maximum absolute atomic E-state index is 13.2. The van der Waals surface area contributed by atoms with Crippen molar-refractivity contribution >= 4 is 23.4 Å². The van der Waals surface area contributed by atoms with E-state index in [2.05, 4.69) is 15.6 Å². The molecular weight excluding hydrogens is 337 g/mol. The second kappa shape index (κ2) is 7.39. The fourth-order valence-corrected chi connectivity index (χ4v) is 2.23. The normalized spacial score (nSPS) is 11.9.